The van der Waals surface area contributed by atoms with Gasteiger partial charge in [0, 0.05) is 0 Å². The van der Waals surface area contributed by atoms with Crippen molar-refractivity contribution in [2.24, 2.45) is 0 Å². The van der Waals surface area contributed by atoms with E-state index in [1.54, 1.807) is 0 Å². The van der Waals surface area contributed by atoms with Crippen molar-refractivity contribution in [3.05, 3.63) is 267 Å². The fourth-order valence-corrected chi connectivity index (χ4v) is 13.6. The van der Waals surface area contributed by atoms with Crippen LogP contribution < -0.4 is 0 Å². The fraction of sp³-hybridized carbons (Fsp3) is 0. The first-order chi connectivity index (χ1) is 37.7. The van der Waals surface area contributed by atoms with Crippen molar-refractivity contribution < 1.29 is 0 Å². The van der Waals surface area contributed by atoms with Crippen LogP contribution in [0.15, 0.2) is 267 Å². The van der Waals surface area contributed by atoms with Gasteiger partial charge in [-0.1, -0.05) is 261 Å². The van der Waals surface area contributed by atoms with E-state index >= 15 is 0 Å². The van der Waals surface area contributed by atoms with Crippen LogP contribution in [-0.2, 0) is 0 Å². The van der Waals surface area contributed by atoms with Crippen LogP contribution in [0.5, 0.6) is 0 Å². The van der Waals surface area contributed by atoms with Crippen LogP contribution in [0.4, 0.5) is 0 Å². The van der Waals surface area contributed by atoms with Crippen molar-refractivity contribution in [3.63, 3.8) is 0 Å². The Morgan fingerprint density at radius 1 is 0.132 bits per heavy atom. The van der Waals surface area contributed by atoms with Gasteiger partial charge in [0.1, 0.15) is 0 Å². The first-order valence-corrected chi connectivity index (χ1v) is 26.5. The molecule has 0 spiro atoms. The zero-order chi connectivity index (χ0) is 49.6. The van der Waals surface area contributed by atoms with E-state index in [9.17, 15) is 0 Å². The SMILES string of the molecule is c1cc(-c2ccc3ccc4cccc5ccc2c3c45)cc(-c2ccc3ccc4cccc5ccc2c3c45)c1.c1cc2ccc3ccc(-c4ccc(-c5ccc6ccc7cccc8ccc5c6c78)cc4)c4ccc(c1)c2c34. The molecule has 0 N–H and O–H groups in total. The summed E-state index contributed by atoms with van der Waals surface area (Å²) < 4.78 is 0. The minimum Gasteiger partial charge on any atom is -0.0610 e. The molecule has 0 amide bonds. The molecule has 0 nitrogen and oxygen atoms in total. The Morgan fingerprint density at radius 2 is 0.329 bits per heavy atom. The molecule has 0 radical (unpaired) electrons. The molecule has 18 aromatic carbocycles. The number of benzene rings is 18. The molecule has 0 aliphatic rings. The summed E-state index contributed by atoms with van der Waals surface area (Å²) in [5.41, 5.74) is 10.2. The van der Waals surface area contributed by atoms with Gasteiger partial charge in [-0.3, -0.25) is 0 Å². The smallest absolute Gasteiger partial charge is 0.00206 e. The summed E-state index contributed by atoms with van der Waals surface area (Å²) >= 11 is 0. The first kappa shape index (κ1) is 41.6. The van der Waals surface area contributed by atoms with Gasteiger partial charge < -0.3 is 0 Å². The molecule has 0 aliphatic carbocycles. The molecule has 0 fully saturated rings. The highest BCUT2D eigenvalue weighted by Gasteiger charge is 2.18. The zero-order valence-electron chi connectivity index (χ0n) is 41.4. The normalized spacial score (nSPS) is 12.2. The lowest BCUT2D eigenvalue weighted by atomic mass is 9.87. The van der Waals surface area contributed by atoms with Crippen LogP contribution >= 0.6 is 0 Å². The maximum absolute atomic E-state index is 2.37. The lowest BCUT2D eigenvalue weighted by Crippen LogP contribution is -1.89. The molecule has 0 saturated carbocycles. The van der Waals surface area contributed by atoms with Gasteiger partial charge in [-0.05, 0) is 180 Å². The van der Waals surface area contributed by atoms with Gasteiger partial charge in [0.05, 0.1) is 0 Å². The van der Waals surface area contributed by atoms with Crippen LogP contribution in [0.25, 0.3) is 174 Å². The second-order valence-corrected chi connectivity index (χ2v) is 21.0. The summed E-state index contributed by atoms with van der Waals surface area (Å²) in [6.07, 6.45) is 0. The second kappa shape index (κ2) is 15.8. The predicted octanol–water partition coefficient (Wildman–Crippen LogP) is 21.6. The maximum atomic E-state index is 2.37. The minimum atomic E-state index is 1.25. The third-order valence-electron chi connectivity index (χ3n) is 17.1. The highest BCUT2D eigenvalue weighted by molar-refractivity contribution is 6.29. The molecular weight excluding hydrogens is 913 g/mol. The van der Waals surface area contributed by atoms with Crippen LogP contribution in [-0.4, -0.2) is 0 Å². The fourth-order valence-electron chi connectivity index (χ4n) is 13.6. The minimum absolute atomic E-state index is 1.25. The highest BCUT2D eigenvalue weighted by Crippen LogP contribution is 2.45. The summed E-state index contributed by atoms with van der Waals surface area (Å²) in [6.45, 7) is 0. The topological polar surface area (TPSA) is 0 Å². The molecule has 18 rings (SSSR count). The number of rotatable bonds is 4. The summed E-state index contributed by atoms with van der Waals surface area (Å²) in [7, 11) is 0. The molecule has 0 heterocycles. The van der Waals surface area contributed by atoms with Crippen molar-refractivity contribution in [2.45, 2.75) is 0 Å². The van der Waals surface area contributed by atoms with Crippen LogP contribution in [0.1, 0.15) is 0 Å². The second-order valence-electron chi connectivity index (χ2n) is 21.0. The van der Waals surface area contributed by atoms with Crippen LogP contribution in [0.3, 0.4) is 0 Å². The molecule has 0 saturated heterocycles. The quantitative estimate of drug-likeness (QED) is 0.154. The Morgan fingerprint density at radius 3 is 0.592 bits per heavy atom. The average molecular weight is 957 g/mol. The summed E-state index contributed by atoms with van der Waals surface area (Å²) in [5.74, 6) is 0. The summed E-state index contributed by atoms with van der Waals surface area (Å²) in [4.78, 5) is 0. The molecule has 348 valence electrons. The molecule has 18 aromatic rings. The van der Waals surface area contributed by atoms with E-state index in [1.165, 1.54) is 174 Å². The lowest BCUT2D eigenvalue weighted by molar-refractivity contribution is 1.64. The van der Waals surface area contributed by atoms with E-state index in [2.05, 4.69) is 267 Å². The van der Waals surface area contributed by atoms with Crippen molar-refractivity contribution in [1.82, 2.24) is 0 Å². The Balaban J connectivity index is 0.000000124. The Labute approximate surface area is 438 Å². The van der Waals surface area contributed by atoms with E-state index in [4.69, 9.17) is 0 Å². The van der Waals surface area contributed by atoms with Crippen LogP contribution in [0.2, 0.25) is 0 Å². The van der Waals surface area contributed by atoms with E-state index in [0.29, 0.717) is 0 Å². The van der Waals surface area contributed by atoms with Gasteiger partial charge >= 0.3 is 0 Å². The van der Waals surface area contributed by atoms with E-state index in [0.717, 1.165) is 0 Å². The van der Waals surface area contributed by atoms with Crippen molar-refractivity contribution in [3.8, 4) is 44.5 Å². The maximum Gasteiger partial charge on any atom is -0.00206 e. The Kier molecular flexibility index (Phi) is 8.65. The van der Waals surface area contributed by atoms with Gasteiger partial charge in [0.2, 0.25) is 0 Å². The monoisotopic (exact) mass is 956 g/mol. The van der Waals surface area contributed by atoms with Crippen molar-refractivity contribution in [2.75, 3.05) is 0 Å². The molecule has 0 bridgehead atoms. The number of hydrogen-bond acceptors (Lipinski definition) is 0. The lowest BCUT2D eigenvalue weighted by Gasteiger charge is -2.16. The molecule has 0 aromatic heterocycles. The van der Waals surface area contributed by atoms with Gasteiger partial charge in [0.15, 0.2) is 0 Å². The zero-order valence-corrected chi connectivity index (χ0v) is 41.4. The van der Waals surface area contributed by atoms with E-state index < -0.39 is 0 Å². The van der Waals surface area contributed by atoms with Gasteiger partial charge in [0.25, 0.3) is 0 Å². The highest BCUT2D eigenvalue weighted by atomic mass is 14.2. The molecule has 76 heavy (non-hydrogen) atoms. The van der Waals surface area contributed by atoms with Crippen molar-refractivity contribution in [1.29, 1.82) is 0 Å². The Bertz CT molecular complexity index is 4930. The van der Waals surface area contributed by atoms with Crippen molar-refractivity contribution >= 4 is 129 Å². The average Bonchev–Trinajstić information content (AvgIpc) is 3.52. The third-order valence-corrected chi connectivity index (χ3v) is 17.1. The number of hydrogen-bond donors (Lipinski definition) is 0. The molecule has 0 atom stereocenters. The molecule has 0 unspecified atom stereocenters. The molecule has 0 aliphatic heterocycles. The summed E-state index contributed by atoms with van der Waals surface area (Å²) in [5, 5.41) is 31.9. The standard InChI is InChI=1S/2C38H22/c1-4-23-10-12-27-14-18-31(33-20-16-25(6-1)35(23)37(27)33)29-8-3-9-30(22-29)32-19-15-28-13-11-24-5-2-7-26-17-21-34(32)38(28)36(24)26;1-3-25-11-13-29-15-19-31(33-21-17-27(5-1)35(25)37(29)33)23-7-9-24(10-8-23)32-20-16-30-14-12-26-4-2-6-28-18-22-34(32)38(30)36(26)28/h2*1-22H. The largest absolute Gasteiger partial charge is 0.0610 e. The van der Waals surface area contributed by atoms with Gasteiger partial charge in [-0.15, -0.1) is 0 Å². The Hall–Kier alpha value is -9.88. The summed E-state index contributed by atoms with van der Waals surface area (Å²) in [6, 6.07) is 99.3. The van der Waals surface area contributed by atoms with E-state index in [-0.39, 0.29) is 0 Å². The van der Waals surface area contributed by atoms with Crippen LogP contribution in [0, 0.1) is 0 Å². The first-order valence-electron chi connectivity index (χ1n) is 26.5. The van der Waals surface area contributed by atoms with E-state index in [1.807, 2.05) is 0 Å². The molecule has 0 heteroatoms. The predicted molar refractivity (Wildman–Crippen MR) is 329 cm³/mol. The van der Waals surface area contributed by atoms with Gasteiger partial charge in [-0.25, -0.2) is 0 Å². The van der Waals surface area contributed by atoms with Gasteiger partial charge in [-0.2, -0.15) is 0 Å². The molecular formula is C76H44. The third kappa shape index (κ3) is 6.01.